The van der Waals surface area contributed by atoms with Crippen molar-refractivity contribution >= 4 is 23.1 Å². The maximum absolute atomic E-state index is 3.63. The maximum Gasteiger partial charge on any atom is 0.0713 e. The topological polar surface area (TPSA) is 12.0 Å². The molecule has 1 heterocycles. The van der Waals surface area contributed by atoms with Crippen LogP contribution in [0.5, 0.6) is 0 Å². The number of hydrogen-bond donors (Lipinski definition) is 1. The van der Waals surface area contributed by atoms with Crippen molar-refractivity contribution in [3.63, 3.8) is 0 Å². The fourth-order valence-electron chi connectivity index (χ4n) is 5.58. The van der Waals surface area contributed by atoms with Crippen LogP contribution in [0.3, 0.4) is 0 Å². The van der Waals surface area contributed by atoms with E-state index in [2.05, 4.69) is 127 Å². The third kappa shape index (κ3) is 2.62. The molecule has 1 nitrogen and oxygen atoms in total. The Bertz CT molecular complexity index is 1470. The van der Waals surface area contributed by atoms with Crippen molar-refractivity contribution in [2.24, 2.45) is 0 Å². The Balaban J connectivity index is 1.53. The van der Waals surface area contributed by atoms with Crippen LogP contribution in [0.15, 0.2) is 131 Å². The zero-order valence-corrected chi connectivity index (χ0v) is 18.8. The zero-order valence-electron chi connectivity index (χ0n) is 18.0. The van der Waals surface area contributed by atoms with Crippen LogP contribution in [0.4, 0.5) is 11.4 Å². The van der Waals surface area contributed by atoms with Gasteiger partial charge in [-0.3, -0.25) is 0 Å². The molecule has 0 amide bonds. The molecular formula is C31H21NS. The summed E-state index contributed by atoms with van der Waals surface area (Å²) in [4.78, 5) is 2.53. The second-order valence-corrected chi connectivity index (χ2v) is 9.73. The largest absolute Gasteiger partial charge is 0.354 e. The van der Waals surface area contributed by atoms with Crippen molar-refractivity contribution < 1.29 is 0 Å². The highest BCUT2D eigenvalue weighted by Crippen LogP contribution is 2.57. The lowest BCUT2D eigenvalue weighted by Gasteiger charge is -2.34. The zero-order chi connectivity index (χ0) is 21.8. The average Bonchev–Trinajstić information content (AvgIpc) is 3.19. The van der Waals surface area contributed by atoms with Crippen LogP contribution in [0, 0.1) is 0 Å². The quantitative estimate of drug-likeness (QED) is 0.291. The van der Waals surface area contributed by atoms with Crippen molar-refractivity contribution in [1.29, 1.82) is 0 Å². The minimum absolute atomic E-state index is 0.346. The molecule has 7 rings (SSSR count). The lowest BCUT2D eigenvalue weighted by Crippen LogP contribution is -2.28. The van der Waals surface area contributed by atoms with Gasteiger partial charge in [0.1, 0.15) is 0 Å². The monoisotopic (exact) mass is 439 g/mol. The fraction of sp³-hybridized carbons (Fsp3) is 0.0323. The molecule has 33 heavy (non-hydrogen) atoms. The van der Waals surface area contributed by atoms with Crippen LogP contribution in [0.1, 0.15) is 22.3 Å². The number of rotatable bonds is 2. The third-order valence-electron chi connectivity index (χ3n) is 6.95. The lowest BCUT2D eigenvalue weighted by molar-refractivity contribution is 0.765. The molecule has 0 radical (unpaired) electrons. The summed E-state index contributed by atoms with van der Waals surface area (Å²) in [5.41, 5.74) is 9.97. The first-order chi connectivity index (χ1) is 16.4. The Morgan fingerprint density at radius 2 is 1.09 bits per heavy atom. The second-order valence-electron chi connectivity index (χ2n) is 8.64. The van der Waals surface area contributed by atoms with Gasteiger partial charge in [0.25, 0.3) is 0 Å². The number of fused-ring (bicyclic) bond motifs is 5. The number of anilines is 2. The molecule has 0 aromatic heterocycles. The van der Waals surface area contributed by atoms with E-state index in [0.717, 1.165) is 0 Å². The van der Waals surface area contributed by atoms with E-state index in [9.17, 15) is 0 Å². The summed E-state index contributed by atoms with van der Waals surface area (Å²) in [6.45, 7) is 0. The molecule has 156 valence electrons. The van der Waals surface area contributed by atoms with Gasteiger partial charge in [0.15, 0.2) is 0 Å². The molecule has 0 fully saturated rings. The molecule has 1 N–H and O–H groups in total. The molecule has 5 aromatic rings. The predicted molar refractivity (Wildman–Crippen MR) is 138 cm³/mol. The van der Waals surface area contributed by atoms with Gasteiger partial charge < -0.3 is 5.32 Å². The smallest absolute Gasteiger partial charge is 0.0713 e. The lowest BCUT2D eigenvalue weighted by atomic mass is 9.67. The second kappa shape index (κ2) is 7.13. The Labute approximate surface area is 198 Å². The predicted octanol–water partition coefficient (Wildman–Crippen LogP) is 8.26. The van der Waals surface area contributed by atoms with Gasteiger partial charge in [-0.15, -0.1) is 0 Å². The standard InChI is InChI=1S/C31H21NS/c1-2-10-21(11-3-1)31(25-14-6-4-12-23(25)24-13-5-7-15-26(24)31)22-18-19-28-30(20-22)33-29-17-9-8-16-27(29)32-28/h1-20,32H. The summed E-state index contributed by atoms with van der Waals surface area (Å²) >= 11 is 1.85. The molecule has 0 atom stereocenters. The van der Waals surface area contributed by atoms with E-state index in [4.69, 9.17) is 0 Å². The highest BCUT2D eigenvalue weighted by Gasteiger charge is 2.46. The van der Waals surface area contributed by atoms with Crippen molar-refractivity contribution in [3.05, 3.63) is 144 Å². The van der Waals surface area contributed by atoms with E-state index >= 15 is 0 Å². The molecule has 0 spiro atoms. The van der Waals surface area contributed by atoms with Crippen LogP contribution in [0.2, 0.25) is 0 Å². The van der Waals surface area contributed by atoms with Crippen LogP contribution in [0.25, 0.3) is 11.1 Å². The molecule has 0 saturated carbocycles. The number of nitrogens with one attached hydrogen (secondary N) is 1. The van der Waals surface area contributed by atoms with Gasteiger partial charge in [-0.2, -0.15) is 0 Å². The van der Waals surface area contributed by atoms with Gasteiger partial charge in [-0.25, -0.2) is 0 Å². The molecule has 0 saturated heterocycles. The SMILES string of the molecule is c1ccc(C2(c3ccc4c(c3)Sc3ccccc3N4)c3ccccc3-c3ccccc32)cc1. The number of para-hydroxylation sites is 1. The van der Waals surface area contributed by atoms with Gasteiger partial charge in [-0.1, -0.05) is 109 Å². The normalized spacial score (nSPS) is 14.4. The van der Waals surface area contributed by atoms with Crippen LogP contribution >= 0.6 is 11.8 Å². The molecule has 1 aliphatic carbocycles. The van der Waals surface area contributed by atoms with E-state index in [1.54, 1.807) is 0 Å². The molecule has 5 aromatic carbocycles. The summed E-state index contributed by atoms with van der Waals surface area (Å²) in [5.74, 6) is 0. The van der Waals surface area contributed by atoms with Crippen LogP contribution in [-0.2, 0) is 5.41 Å². The first-order valence-electron chi connectivity index (χ1n) is 11.3. The van der Waals surface area contributed by atoms with Crippen molar-refractivity contribution in [3.8, 4) is 11.1 Å². The summed E-state index contributed by atoms with van der Waals surface area (Å²) in [6.07, 6.45) is 0. The van der Waals surface area contributed by atoms with E-state index in [0.29, 0.717) is 0 Å². The Hall–Kier alpha value is -3.75. The van der Waals surface area contributed by atoms with Gasteiger partial charge in [0, 0.05) is 9.79 Å². The minimum Gasteiger partial charge on any atom is -0.354 e. The van der Waals surface area contributed by atoms with Crippen LogP contribution in [-0.4, -0.2) is 0 Å². The summed E-state index contributed by atoms with van der Waals surface area (Å²) < 4.78 is 0. The number of benzene rings is 5. The molecule has 2 aliphatic rings. The Morgan fingerprint density at radius 3 is 1.85 bits per heavy atom. The highest BCUT2D eigenvalue weighted by molar-refractivity contribution is 7.99. The first kappa shape index (κ1) is 18.8. The van der Waals surface area contributed by atoms with Gasteiger partial charge in [0.2, 0.25) is 0 Å². The van der Waals surface area contributed by atoms with Gasteiger partial charge in [-0.05, 0) is 57.6 Å². The molecule has 1 aliphatic heterocycles. The Morgan fingerprint density at radius 1 is 0.485 bits per heavy atom. The van der Waals surface area contributed by atoms with Crippen LogP contribution < -0.4 is 5.32 Å². The van der Waals surface area contributed by atoms with Crippen molar-refractivity contribution in [2.45, 2.75) is 15.2 Å². The summed E-state index contributed by atoms with van der Waals surface area (Å²) in [6, 6.07) is 44.3. The molecular weight excluding hydrogens is 418 g/mol. The Kier molecular flexibility index (Phi) is 4.06. The van der Waals surface area contributed by atoms with Gasteiger partial charge >= 0.3 is 0 Å². The van der Waals surface area contributed by atoms with E-state index < -0.39 is 0 Å². The summed E-state index contributed by atoms with van der Waals surface area (Å²) in [7, 11) is 0. The molecule has 0 unspecified atom stereocenters. The maximum atomic E-state index is 3.63. The van der Waals surface area contributed by atoms with Gasteiger partial charge in [0.05, 0.1) is 16.8 Å². The van der Waals surface area contributed by atoms with E-state index in [1.165, 1.54) is 54.5 Å². The minimum atomic E-state index is -0.346. The van der Waals surface area contributed by atoms with Crippen molar-refractivity contribution in [1.82, 2.24) is 0 Å². The average molecular weight is 440 g/mol. The van der Waals surface area contributed by atoms with E-state index in [-0.39, 0.29) is 5.41 Å². The van der Waals surface area contributed by atoms with Crippen molar-refractivity contribution in [2.75, 3.05) is 5.32 Å². The highest BCUT2D eigenvalue weighted by atomic mass is 32.2. The molecule has 0 bridgehead atoms. The first-order valence-corrected chi connectivity index (χ1v) is 12.1. The molecule has 2 heteroatoms. The number of hydrogen-bond acceptors (Lipinski definition) is 2. The third-order valence-corrected chi connectivity index (χ3v) is 8.08. The van der Waals surface area contributed by atoms with E-state index in [1.807, 2.05) is 11.8 Å². The fourth-order valence-corrected chi connectivity index (χ4v) is 6.61. The summed E-state index contributed by atoms with van der Waals surface area (Å²) in [5, 5.41) is 3.63.